The SMILES string of the molecule is CCCC(OCC)C(Cc1cc(F)cc(Br)c1)NC. The van der Waals surface area contributed by atoms with E-state index in [1.165, 1.54) is 6.07 Å². The van der Waals surface area contributed by atoms with Gasteiger partial charge in [0.2, 0.25) is 0 Å². The van der Waals surface area contributed by atoms with Crippen LogP contribution in [0, 0.1) is 5.82 Å². The lowest BCUT2D eigenvalue weighted by molar-refractivity contribution is 0.0300. The highest BCUT2D eigenvalue weighted by Gasteiger charge is 2.20. The van der Waals surface area contributed by atoms with Gasteiger partial charge in [0.05, 0.1) is 6.10 Å². The lowest BCUT2D eigenvalue weighted by Crippen LogP contribution is -2.41. The monoisotopic (exact) mass is 331 g/mol. The van der Waals surface area contributed by atoms with E-state index in [-0.39, 0.29) is 18.0 Å². The van der Waals surface area contributed by atoms with Gasteiger partial charge < -0.3 is 10.1 Å². The van der Waals surface area contributed by atoms with Crippen LogP contribution < -0.4 is 5.32 Å². The molecule has 2 unspecified atom stereocenters. The predicted molar refractivity (Wildman–Crippen MR) is 81.0 cm³/mol. The molecule has 1 N–H and O–H groups in total. The lowest BCUT2D eigenvalue weighted by Gasteiger charge is -2.26. The minimum Gasteiger partial charge on any atom is -0.377 e. The van der Waals surface area contributed by atoms with Crippen molar-refractivity contribution in [2.45, 2.75) is 45.3 Å². The summed E-state index contributed by atoms with van der Waals surface area (Å²) in [5, 5.41) is 3.30. The van der Waals surface area contributed by atoms with E-state index < -0.39 is 0 Å². The zero-order valence-corrected chi connectivity index (χ0v) is 13.5. The Kier molecular flexibility index (Phi) is 7.57. The van der Waals surface area contributed by atoms with E-state index in [9.17, 15) is 4.39 Å². The maximum atomic E-state index is 13.4. The van der Waals surface area contributed by atoms with Crippen LogP contribution in [-0.4, -0.2) is 25.8 Å². The maximum absolute atomic E-state index is 13.4. The van der Waals surface area contributed by atoms with Gasteiger partial charge in [0.15, 0.2) is 0 Å². The molecule has 0 bridgehead atoms. The minimum atomic E-state index is -0.206. The van der Waals surface area contributed by atoms with Gasteiger partial charge in [0.1, 0.15) is 5.82 Å². The highest BCUT2D eigenvalue weighted by atomic mass is 79.9. The summed E-state index contributed by atoms with van der Waals surface area (Å²) in [6.45, 7) is 4.86. The summed E-state index contributed by atoms with van der Waals surface area (Å²) < 4.78 is 20.0. The molecular formula is C15H23BrFNO. The van der Waals surface area contributed by atoms with Crippen molar-refractivity contribution in [1.82, 2.24) is 5.32 Å². The van der Waals surface area contributed by atoms with Crippen LogP contribution >= 0.6 is 15.9 Å². The fourth-order valence-corrected chi connectivity index (χ4v) is 2.81. The van der Waals surface area contributed by atoms with Crippen LogP contribution in [0.4, 0.5) is 4.39 Å². The van der Waals surface area contributed by atoms with Gasteiger partial charge in [-0.25, -0.2) is 4.39 Å². The topological polar surface area (TPSA) is 21.3 Å². The number of hydrogen-bond donors (Lipinski definition) is 1. The summed E-state index contributed by atoms with van der Waals surface area (Å²) in [6, 6.07) is 5.23. The van der Waals surface area contributed by atoms with Crippen LogP contribution in [0.25, 0.3) is 0 Å². The molecule has 2 nitrogen and oxygen atoms in total. The molecule has 0 saturated heterocycles. The lowest BCUT2D eigenvalue weighted by atomic mass is 9.98. The number of halogens is 2. The molecule has 0 fully saturated rings. The Bertz CT molecular complexity index is 360. The van der Waals surface area contributed by atoms with Crippen LogP contribution in [-0.2, 0) is 11.2 Å². The third kappa shape index (κ3) is 5.59. The molecule has 1 aromatic carbocycles. The largest absolute Gasteiger partial charge is 0.377 e. The molecule has 0 heterocycles. The smallest absolute Gasteiger partial charge is 0.124 e. The van der Waals surface area contributed by atoms with Gasteiger partial charge in [-0.15, -0.1) is 0 Å². The Morgan fingerprint density at radius 2 is 2.05 bits per heavy atom. The fraction of sp³-hybridized carbons (Fsp3) is 0.600. The van der Waals surface area contributed by atoms with E-state index in [0.29, 0.717) is 6.61 Å². The second kappa shape index (κ2) is 8.67. The van der Waals surface area contributed by atoms with Gasteiger partial charge >= 0.3 is 0 Å². The van der Waals surface area contributed by atoms with E-state index in [2.05, 4.69) is 28.2 Å². The van der Waals surface area contributed by atoms with Crippen LogP contribution in [0.15, 0.2) is 22.7 Å². The summed E-state index contributed by atoms with van der Waals surface area (Å²) in [6.07, 6.45) is 3.02. The zero-order valence-electron chi connectivity index (χ0n) is 11.9. The highest BCUT2D eigenvalue weighted by molar-refractivity contribution is 9.10. The van der Waals surface area contributed by atoms with Gasteiger partial charge in [-0.05, 0) is 50.6 Å². The van der Waals surface area contributed by atoms with Crippen LogP contribution in [0.2, 0.25) is 0 Å². The van der Waals surface area contributed by atoms with E-state index in [1.54, 1.807) is 6.07 Å². The summed E-state index contributed by atoms with van der Waals surface area (Å²) >= 11 is 3.33. The second-order valence-electron chi connectivity index (χ2n) is 4.66. The molecule has 0 saturated carbocycles. The van der Waals surface area contributed by atoms with Crippen molar-refractivity contribution in [2.24, 2.45) is 0 Å². The van der Waals surface area contributed by atoms with Crippen molar-refractivity contribution in [2.75, 3.05) is 13.7 Å². The molecule has 19 heavy (non-hydrogen) atoms. The molecule has 1 rings (SSSR count). The predicted octanol–water partition coefficient (Wildman–Crippen LogP) is 3.92. The average Bonchev–Trinajstić information content (AvgIpc) is 2.34. The summed E-state index contributed by atoms with van der Waals surface area (Å²) in [7, 11) is 1.93. The van der Waals surface area contributed by atoms with E-state index in [4.69, 9.17) is 4.74 Å². The Balaban J connectivity index is 2.78. The number of ether oxygens (including phenoxy) is 1. The molecule has 0 aliphatic heterocycles. The Hall–Kier alpha value is -0.450. The number of benzene rings is 1. The Labute approximate surface area is 123 Å². The summed E-state index contributed by atoms with van der Waals surface area (Å²) in [5.74, 6) is -0.206. The van der Waals surface area contributed by atoms with Gasteiger partial charge in [-0.1, -0.05) is 29.3 Å². The number of nitrogens with one attached hydrogen (secondary N) is 1. The van der Waals surface area contributed by atoms with E-state index >= 15 is 0 Å². The number of likely N-dealkylation sites (N-methyl/N-ethyl adjacent to an activating group) is 1. The Morgan fingerprint density at radius 3 is 2.58 bits per heavy atom. The third-order valence-corrected chi connectivity index (χ3v) is 3.61. The van der Waals surface area contributed by atoms with Gasteiger partial charge in [-0.3, -0.25) is 0 Å². The second-order valence-corrected chi connectivity index (χ2v) is 5.58. The molecule has 0 aromatic heterocycles. The van der Waals surface area contributed by atoms with Crippen molar-refractivity contribution in [3.63, 3.8) is 0 Å². The Morgan fingerprint density at radius 1 is 1.32 bits per heavy atom. The molecule has 0 aliphatic rings. The first-order chi connectivity index (χ1) is 9.10. The standard InChI is InChI=1S/C15H23BrFNO/c1-4-6-15(19-5-2)14(18-3)9-11-7-12(16)10-13(17)8-11/h7-8,10,14-15,18H,4-6,9H2,1-3H3. The summed E-state index contributed by atoms with van der Waals surface area (Å²) in [4.78, 5) is 0. The first kappa shape index (κ1) is 16.6. The molecule has 4 heteroatoms. The third-order valence-electron chi connectivity index (χ3n) is 3.15. The van der Waals surface area contributed by atoms with Gasteiger partial charge in [0, 0.05) is 17.1 Å². The molecule has 1 aromatic rings. The quantitative estimate of drug-likeness (QED) is 0.779. The maximum Gasteiger partial charge on any atom is 0.124 e. The van der Waals surface area contributed by atoms with Crippen molar-refractivity contribution >= 4 is 15.9 Å². The van der Waals surface area contributed by atoms with Crippen LogP contribution in [0.3, 0.4) is 0 Å². The number of rotatable bonds is 8. The molecule has 108 valence electrons. The summed E-state index contributed by atoms with van der Waals surface area (Å²) in [5.41, 5.74) is 0.979. The van der Waals surface area contributed by atoms with Crippen LogP contribution in [0.1, 0.15) is 32.3 Å². The molecule has 0 amide bonds. The van der Waals surface area contributed by atoms with Gasteiger partial charge in [0.25, 0.3) is 0 Å². The molecule has 0 radical (unpaired) electrons. The molecule has 0 aliphatic carbocycles. The fourth-order valence-electron chi connectivity index (χ4n) is 2.30. The van der Waals surface area contributed by atoms with E-state index in [1.807, 2.05) is 20.0 Å². The minimum absolute atomic E-state index is 0.169. The molecule has 0 spiro atoms. The molecular weight excluding hydrogens is 309 g/mol. The van der Waals surface area contributed by atoms with Crippen molar-refractivity contribution in [1.29, 1.82) is 0 Å². The molecule has 2 atom stereocenters. The zero-order chi connectivity index (χ0) is 14.3. The van der Waals surface area contributed by atoms with Crippen molar-refractivity contribution < 1.29 is 9.13 Å². The normalized spacial score (nSPS) is 14.4. The van der Waals surface area contributed by atoms with E-state index in [0.717, 1.165) is 29.3 Å². The highest BCUT2D eigenvalue weighted by Crippen LogP contribution is 2.18. The van der Waals surface area contributed by atoms with Gasteiger partial charge in [-0.2, -0.15) is 0 Å². The van der Waals surface area contributed by atoms with Crippen LogP contribution in [0.5, 0.6) is 0 Å². The number of hydrogen-bond acceptors (Lipinski definition) is 2. The first-order valence-electron chi connectivity index (χ1n) is 6.84. The van der Waals surface area contributed by atoms with Crippen molar-refractivity contribution in [3.8, 4) is 0 Å². The average molecular weight is 332 g/mol. The van der Waals surface area contributed by atoms with Crippen molar-refractivity contribution in [3.05, 3.63) is 34.1 Å². The first-order valence-corrected chi connectivity index (χ1v) is 7.63.